The van der Waals surface area contributed by atoms with E-state index in [1.54, 1.807) is 18.2 Å². The zero-order valence-corrected chi connectivity index (χ0v) is 9.89. The van der Waals surface area contributed by atoms with Gasteiger partial charge in [-0.2, -0.15) is 0 Å². The molecule has 0 spiro atoms. The minimum absolute atomic E-state index is 0.00454. The Balaban J connectivity index is 2.48. The lowest BCUT2D eigenvalue weighted by molar-refractivity contribution is -0.383. The lowest BCUT2D eigenvalue weighted by Crippen LogP contribution is -2.31. The van der Waals surface area contributed by atoms with Gasteiger partial charge in [0.25, 0.3) is 5.69 Å². The van der Waals surface area contributed by atoms with Gasteiger partial charge in [-0.25, -0.2) is 0 Å². The van der Waals surface area contributed by atoms with Crippen molar-refractivity contribution in [2.75, 3.05) is 25.0 Å². The van der Waals surface area contributed by atoms with Gasteiger partial charge >= 0.3 is 0 Å². The molecule has 0 atom stereocenters. The largest absolute Gasteiger partial charge is 0.371 e. The summed E-state index contributed by atoms with van der Waals surface area (Å²) >= 11 is 0. The van der Waals surface area contributed by atoms with Crippen LogP contribution in [0.4, 0.5) is 11.4 Å². The molecular formula is C11H16N4O3. The maximum Gasteiger partial charge on any atom is 0.292 e. The van der Waals surface area contributed by atoms with Crippen LogP contribution in [0.2, 0.25) is 0 Å². The van der Waals surface area contributed by atoms with Gasteiger partial charge in [0.2, 0.25) is 5.91 Å². The number of carbonyl (C=O) groups is 1. The number of carbonyl (C=O) groups excluding carboxylic acids is 1. The van der Waals surface area contributed by atoms with E-state index in [1.165, 1.54) is 6.07 Å². The lowest BCUT2D eigenvalue weighted by atomic mass is 10.2. The molecule has 7 heteroatoms. The molecule has 0 aliphatic rings. The fourth-order valence-electron chi connectivity index (χ4n) is 1.35. The van der Waals surface area contributed by atoms with Crippen molar-refractivity contribution in [3.63, 3.8) is 0 Å². The van der Waals surface area contributed by atoms with Gasteiger partial charge in [0, 0.05) is 12.6 Å². The smallest absolute Gasteiger partial charge is 0.292 e. The number of nitro groups is 1. The van der Waals surface area contributed by atoms with E-state index in [2.05, 4.69) is 10.6 Å². The summed E-state index contributed by atoms with van der Waals surface area (Å²) in [6.45, 7) is 1.02. The second kappa shape index (κ2) is 7.23. The molecule has 0 radical (unpaired) electrons. The average Bonchev–Trinajstić information content (AvgIpc) is 2.37. The first-order valence-electron chi connectivity index (χ1n) is 5.59. The number of nitrogens with zero attached hydrogens (tertiary/aromatic N) is 1. The standard InChI is InChI=1S/C11H16N4O3/c12-6-3-7-13-11(16)8-14-9-4-1-2-5-10(9)15(17)18/h1-2,4-5,14H,3,6-8,12H2,(H,13,16). The molecule has 0 saturated carbocycles. The maximum absolute atomic E-state index is 11.4. The molecule has 1 aromatic carbocycles. The number of amides is 1. The number of nitrogens with two attached hydrogens (primary N) is 1. The van der Waals surface area contributed by atoms with Crippen molar-refractivity contribution in [2.45, 2.75) is 6.42 Å². The molecule has 1 rings (SSSR count). The molecule has 0 aliphatic heterocycles. The van der Waals surface area contributed by atoms with E-state index in [0.717, 1.165) is 0 Å². The summed E-state index contributed by atoms with van der Waals surface area (Å²) in [5, 5.41) is 16.1. The van der Waals surface area contributed by atoms with Crippen molar-refractivity contribution in [1.29, 1.82) is 0 Å². The predicted octanol–water partition coefficient (Wildman–Crippen LogP) is 0.472. The van der Waals surface area contributed by atoms with E-state index in [9.17, 15) is 14.9 Å². The molecule has 0 unspecified atom stereocenters. The van der Waals surface area contributed by atoms with E-state index in [1.807, 2.05) is 0 Å². The second-order valence-electron chi connectivity index (χ2n) is 3.62. The molecule has 4 N–H and O–H groups in total. The zero-order valence-electron chi connectivity index (χ0n) is 9.89. The molecule has 1 aromatic rings. The monoisotopic (exact) mass is 252 g/mol. The molecule has 0 aromatic heterocycles. The van der Waals surface area contributed by atoms with E-state index < -0.39 is 4.92 Å². The summed E-state index contributed by atoms with van der Waals surface area (Å²) in [4.78, 5) is 21.6. The Morgan fingerprint density at radius 3 is 2.78 bits per heavy atom. The molecule has 98 valence electrons. The summed E-state index contributed by atoms with van der Waals surface area (Å²) in [5.74, 6) is -0.221. The third kappa shape index (κ3) is 4.38. The number of rotatable bonds is 7. The number of nitrogens with one attached hydrogen (secondary N) is 2. The average molecular weight is 252 g/mol. The fourth-order valence-corrected chi connectivity index (χ4v) is 1.35. The number of nitro benzene ring substituents is 1. The zero-order chi connectivity index (χ0) is 13.4. The van der Waals surface area contributed by atoms with Crippen LogP contribution in [0.15, 0.2) is 24.3 Å². The SMILES string of the molecule is NCCCNC(=O)CNc1ccccc1[N+](=O)[O-]. The van der Waals surface area contributed by atoms with Crippen LogP contribution >= 0.6 is 0 Å². The Morgan fingerprint density at radius 1 is 1.39 bits per heavy atom. The minimum atomic E-state index is -0.491. The maximum atomic E-state index is 11.4. The van der Waals surface area contributed by atoms with Crippen LogP contribution in [0.5, 0.6) is 0 Å². The fraction of sp³-hybridized carbons (Fsp3) is 0.364. The Hall–Kier alpha value is -2.15. The highest BCUT2D eigenvalue weighted by atomic mass is 16.6. The summed E-state index contributed by atoms with van der Waals surface area (Å²) in [7, 11) is 0. The van der Waals surface area contributed by atoms with E-state index in [-0.39, 0.29) is 18.1 Å². The van der Waals surface area contributed by atoms with Gasteiger partial charge in [-0.1, -0.05) is 12.1 Å². The first-order valence-corrected chi connectivity index (χ1v) is 5.59. The number of hydrogen-bond donors (Lipinski definition) is 3. The molecular weight excluding hydrogens is 236 g/mol. The highest BCUT2D eigenvalue weighted by Crippen LogP contribution is 2.22. The number of para-hydroxylation sites is 2. The minimum Gasteiger partial charge on any atom is -0.371 e. The molecule has 1 amide bonds. The quantitative estimate of drug-likeness (QED) is 0.371. The van der Waals surface area contributed by atoms with Crippen molar-refractivity contribution < 1.29 is 9.72 Å². The van der Waals surface area contributed by atoms with Crippen LogP contribution in [-0.2, 0) is 4.79 Å². The van der Waals surface area contributed by atoms with Gasteiger partial charge in [0.1, 0.15) is 5.69 Å². The van der Waals surface area contributed by atoms with Crippen LogP contribution < -0.4 is 16.4 Å². The van der Waals surface area contributed by atoms with Crippen LogP contribution in [0.25, 0.3) is 0 Å². The highest BCUT2D eigenvalue weighted by molar-refractivity contribution is 5.81. The lowest BCUT2D eigenvalue weighted by Gasteiger charge is -2.07. The van der Waals surface area contributed by atoms with Crippen molar-refractivity contribution in [1.82, 2.24) is 5.32 Å². The summed E-state index contributed by atoms with van der Waals surface area (Å²) in [6.07, 6.45) is 0.706. The summed E-state index contributed by atoms with van der Waals surface area (Å²) in [6, 6.07) is 6.19. The van der Waals surface area contributed by atoms with Crippen LogP contribution in [0.3, 0.4) is 0 Å². The van der Waals surface area contributed by atoms with E-state index in [0.29, 0.717) is 25.2 Å². The van der Waals surface area contributed by atoms with Crippen LogP contribution in [-0.4, -0.2) is 30.5 Å². The third-order valence-electron chi connectivity index (χ3n) is 2.24. The normalized spacial score (nSPS) is 9.83. The van der Waals surface area contributed by atoms with Crippen molar-refractivity contribution >= 4 is 17.3 Å². The first kappa shape index (κ1) is 13.9. The highest BCUT2D eigenvalue weighted by Gasteiger charge is 2.12. The predicted molar refractivity (Wildman–Crippen MR) is 68.3 cm³/mol. The second-order valence-corrected chi connectivity index (χ2v) is 3.62. The third-order valence-corrected chi connectivity index (χ3v) is 2.24. The van der Waals surface area contributed by atoms with E-state index in [4.69, 9.17) is 5.73 Å². The number of hydrogen-bond acceptors (Lipinski definition) is 5. The molecule has 0 aliphatic carbocycles. The van der Waals surface area contributed by atoms with Gasteiger partial charge in [0.05, 0.1) is 11.5 Å². The Morgan fingerprint density at radius 2 is 2.11 bits per heavy atom. The topological polar surface area (TPSA) is 110 Å². The molecule has 0 saturated heterocycles. The first-order chi connectivity index (χ1) is 8.65. The van der Waals surface area contributed by atoms with Gasteiger partial charge in [-0.15, -0.1) is 0 Å². The van der Waals surface area contributed by atoms with Crippen molar-refractivity contribution in [3.05, 3.63) is 34.4 Å². The molecule has 0 bridgehead atoms. The molecule has 18 heavy (non-hydrogen) atoms. The van der Waals surface area contributed by atoms with E-state index >= 15 is 0 Å². The van der Waals surface area contributed by atoms with Crippen LogP contribution in [0.1, 0.15) is 6.42 Å². The summed E-state index contributed by atoms with van der Waals surface area (Å²) < 4.78 is 0. The summed E-state index contributed by atoms with van der Waals surface area (Å²) in [5.41, 5.74) is 5.57. The van der Waals surface area contributed by atoms with Gasteiger partial charge < -0.3 is 16.4 Å². The van der Waals surface area contributed by atoms with Crippen molar-refractivity contribution in [2.24, 2.45) is 5.73 Å². The van der Waals surface area contributed by atoms with Gasteiger partial charge in [-0.05, 0) is 19.0 Å². The molecule has 7 nitrogen and oxygen atoms in total. The Bertz CT molecular complexity index is 423. The van der Waals surface area contributed by atoms with Crippen molar-refractivity contribution in [3.8, 4) is 0 Å². The Labute approximate surface area is 105 Å². The number of anilines is 1. The van der Waals surface area contributed by atoms with Gasteiger partial charge in [-0.3, -0.25) is 14.9 Å². The Kier molecular flexibility index (Phi) is 5.59. The van der Waals surface area contributed by atoms with Gasteiger partial charge in [0.15, 0.2) is 0 Å². The van der Waals surface area contributed by atoms with Crippen LogP contribution in [0, 0.1) is 10.1 Å². The number of benzene rings is 1. The molecule has 0 fully saturated rings. The molecule has 0 heterocycles.